The molecule has 0 aromatic heterocycles. The maximum absolute atomic E-state index is 12.4. The van der Waals surface area contributed by atoms with Crippen molar-refractivity contribution >= 4 is 23.2 Å². The summed E-state index contributed by atoms with van der Waals surface area (Å²) < 4.78 is 15.5. The first kappa shape index (κ1) is 17.8. The van der Waals surface area contributed by atoms with Gasteiger partial charge < -0.3 is 24.4 Å². The Kier molecular flexibility index (Phi) is 5.38. The van der Waals surface area contributed by atoms with E-state index < -0.39 is 0 Å². The normalized spacial score (nSPS) is 14.1. The molecule has 26 heavy (non-hydrogen) atoms. The van der Waals surface area contributed by atoms with Gasteiger partial charge in [-0.15, -0.1) is 0 Å². The highest BCUT2D eigenvalue weighted by Gasteiger charge is 2.20. The van der Waals surface area contributed by atoms with Crippen molar-refractivity contribution in [3.05, 3.63) is 48.0 Å². The number of rotatable bonds is 5. The fourth-order valence-corrected chi connectivity index (χ4v) is 2.70. The van der Waals surface area contributed by atoms with Gasteiger partial charge >= 0.3 is 0 Å². The zero-order valence-electron chi connectivity index (χ0n) is 14.7. The summed E-state index contributed by atoms with van der Waals surface area (Å²) in [5, 5.41) is 2.82. The van der Waals surface area contributed by atoms with Crippen LogP contribution in [-0.4, -0.2) is 45.8 Å². The molecule has 1 aliphatic heterocycles. The predicted molar refractivity (Wildman–Crippen MR) is 97.1 cm³/mol. The molecular formula is C19H20N2O5. The van der Waals surface area contributed by atoms with Crippen molar-refractivity contribution in [3.63, 3.8) is 0 Å². The topological polar surface area (TPSA) is 77.1 Å². The van der Waals surface area contributed by atoms with Crippen molar-refractivity contribution < 1.29 is 23.8 Å². The molecule has 2 aromatic carbocycles. The fraction of sp³-hybridized carbons (Fsp3) is 0.263. The molecule has 1 heterocycles. The van der Waals surface area contributed by atoms with Crippen molar-refractivity contribution in [1.82, 2.24) is 0 Å². The van der Waals surface area contributed by atoms with Gasteiger partial charge in [-0.05, 0) is 42.5 Å². The lowest BCUT2D eigenvalue weighted by atomic mass is 10.1. The third-order valence-corrected chi connectivity index (χ3v) is 4.07. The van der Waals surface area contributed by atoms with Crippen LogP contribution in [0.5, 0.6) is 11.5 Å². The van der Waals surface area contributed by atoms with E-state index in [2.05, 4.69) is 5.32 Å². The summed E-state index contributed by atoms with van der Waals surface area (Å²) in [4.78, 5) is 26.0. The van der Waals surface area contributed by atoms with Crippen molar-refractivity contribution in [2.24, 2.45) is 0 Å². The summed E-state index contributed by atoms with van der Waals surface area (Å²) in [5.41, 5.74) is 1.87. The average molecular weight is 356 g/mol. The van der Waals surface area contributed by atoms with E-state index in [4.69, 9.17) is 14.2 Å². The van der Waals surface area contributed by atoms with Gasteiger partial charge in [0.2, 0.25) is 0 Å². The monoisotopic (exact) mass is 356 g/mol. The molecule has 0 radical (unpaired) electrons. The van der Waals surface area contributed by atoms with E-state index in [0.717, 1.165) is 5.69 Å². The minimum absolute atomic E-state index is 0.0710. The molecule has 1 N–H and O–H groups in total. The van der Waals surface area contributed by atoms with E-state index in [-0.39, 0.29) is 18.4 Å². The SMILES string of the molecule is COc1ccc(C(=O)Nc2ccc(N3CCOCC3=O)cc2)cc1OC. The molecule has 0 saturated carbocycles. The first-order valence-electron chi connectivity index (χ1n) is 8.14. The van der Waals surface area contributed by atoms with Crippen LogP contribution in [0.3, 0.4) is 0 Å². The molecule has 7 heteroatoms. The van der Waals surface area contributed by atoms with Crippen LogP contribution in [0.15, 0.2) is 42.5 Å². The number of hydrogen-bond donors (Lipinski definition) is 1. The van der Waals surface area contributed by atoms with Gasteiger partial charge in [0.25, 0.3) is 11.8 Å². The van der Waals surface area contributed by atoms with Crippen molar-refractivity contribution in [1.29, 1.82) is 0 Å². The van der Waals surface area contributed by atoms with Gasteiger partial charge in [0.1, 0.15) is 6.61 Å². The molecule has 3 rings (SSSR count). The minimum Gasteiger partial charge on any atom is -0.493 e. The number of morpholine rings is 1. The molecule has 2 aromatic rings. The molecule has 1 aliphatic rings. The summed E-state index contributed by atoms with van der Waals surface area (Å²) in [6.07, 6.45) is 0. The lowest BCUT2D eigenvalue weighted by Gasteiger charge is -2.26. The van der Waals surface area contributed by atoms with Crippen LogP contribution in [-0.2, 0) is 9.53 Å². The van der Waals surface area contributed by atoms with Crippen molar-refractivity contribution in [2.75, 3.05) is 44.2 Å². The summed E-state index contributed by atoms with van der Waals surface area (Å²) in [6.45, 7) is 1.14. The Bertz CT molecular complexity index is 804. The Balaban J connectivity index is 1.70. The maximum atomic E-state index is 12.4. The van der Waals surface area contributed by atoms with Crippen LogP contribution in [0, 0.1) is 0 Å². The highest BCUT2D eigenvalue weighted by molar-refractivity contribution is 6.05. The third kappa shape index (κ3) is 3.78. The number of hydrogen-bond acceptors (Lipinski definition) is 5. The van der Waals surface area contributed by atoms with Gasteiger partial charge in [-0.25, -0.2) is 0 Å². The number of nitrogens with zero attached hydrogens (tertiary/aromatic N) is 1. The van der Waals surface area contributed by atoms with E-state index in [0.29, 0.717) is 35.9 Å². The average Bonchev–Trinajstić information content (AvgIpc) is 2.68. The molecule has 0 aliphatic carbocycles. The van der Waals surface area contributed by atoms with E-state index in [9.17, 15) is 9.59 Å². The molecule has 1 fully saturated rings. The van der Waals surface area contributed by atoms with Crippen LogP contribution in [0.25, 0.3) is 0 Å². The molecule has 1 saturated heterocycles. The number of methoxy groups -OCH3 is 2. The molecule has 2 amide bonds. The number of carbonyl (C=O) groups excluding carboxylic acids is 2. The molecule has 0 unspecified atom stereocenters. The Morgan fingerprint density at radius 2 is 1.81 bits per heavy atom. The molecular weight excluding hydrogens is 336 g/mol. The summed E-state index contributed by atoms with van der Waals surface area (Å²) in [6, 6.07) is 12.1. The molecule has 0 spiro atoms. The molecule has 0 atom stereocenters. The van der Waals surface area contributed by atoms with Crippen LogP contribution in [0.4, 0.5) is 11.4 Å². The largest absolute Gasteiger partial charge is 0.493 e. The lowest BCUT2D eigenvalue weighted by Crippen LogP contribution is -2.41. The van der Waals surface area contributed by atoms with Crippen LogP contribution in [0.1, 0.15) is 10.4 Å². The van der Waals surface area contributed by atoms with Crippen LogP contribution >= 0.6 is 0 Å². The Morgan fingerprint density at radius 3 is 2.46 bits per heavy atom. The second-order valence-corrected chi connectivity index (χ2v) is 5.67. The molecule has 7 nitrogen and oxygen atoms in total. The number of benzene rings is 2. The zero-order chi connectivity index (χ0) is 18.5. The number of anilines is 2. The van der Waals surface area contributed by atoms with Crippen molar-refractivity contribution in [2.45, 2.75) is 0 Å². The number of amides is 2. The third-order valence-electron chi connectivity index (χ3n) is 4.07. The van der Waals surface area contributed by atoms with Gasteiger partial charge in [0.15, 0.2) is 11.5 Å². The number of nitrogens with one attached hydrogen (secondary N) is 1. The quantitative estimate of drug-likeness (QED) is 0.890. The van der Waals surface area contributed by atoms with E-state index in [1.165, 1.54) is 7.11 Å². The van der Waals surface area contributed by atoms with E-state index in [1.807, 2.05) is 0 Å². The number of ether oxygens (including phenoxy) is 3. The summed E-state index contributed by atoms with van der Waals surface area (Å²) in [5.74, 6) is 0.712. The number of carbonyl (C=O) groups is 2. The Morgan fingerprint density at radius 1 is 1.08 bits per heavy atom. The molecule has 136 valence electrons. The first-order chi connectivity index (χ1) is 12.6. The standard InChI is InChI=1S/C19H20N2O5/c1-24-16-8-3-13(11-17(16)25-2)19(23)20-14-4-6-15(7-5-14)21-9-10-26-12-18(21)22/h3-8,11H,9-10,12H2,1-2H3,(H,20,23). The Hall–Kier alpha value is -3.06. The lowest BCUT2D eigenvalue weighted by molar-refractivity contribution is -0.125. The summed E-state index contributed by atoms with van der Waals surface area (Å²) in [7, 11) is 3.06. The Labute approximate surface area is 151 Å². The van der Waals surface area contributed by atoms with E-state index in [1.54, 1.807) is 54.5 Å². The van der Waals surface area contributed by atoms with Gasteiger partial charge in [-0.1, -0.05) is 0 Å². The minimum atomic E-state index is -0.263. The maximum Gasteiger partial charge on any atom is 0.255 e. The zero-order valence-corrected chi connectivity index (χ0v) is 14.7. The molecule has 0 bridgehead atoms. The van der Waals surface area contributed by atoms with Gasteiger partial charge in [0.05, 0.1) is 20.8 Å². The predicted octanol–water partition coefficient (Wildman–Crippen LogP) is 2.32. The highest BCUT2D eigenvalue weighted by Crippen LogP contribution is 2.28. The second-order valence-electron chi connectivity index (χ2n) is 5.67. The van der Waals surface area contributed by atoms with Gasteiger partial charge in [-0.3, -0.25) is 9.59 Å². The highest BCUT2D eigenvalue weighted by atomic mass is 16.5. The first-order valence-corrected chi connectivity index (χ1v) is 8.14. The van der Waals surface area contributed by atoms with Crippen LogP contribution in [0.2, 0.25) is 0 Å². The van der Waals surface area contributed by atoms with Crippen LogP contribution < -0.4 is 19.7 Å². The smallest absolute Gasteiger partial charge is 0.255 e. The van der Waals surface area contributed by atoms with Crippen molar-refractivity contribution in [3.8, 4) is 11.5 Å². The fourth-order valence-electron chi connectivity index (χ4n) is 2.70. The van der Waals surface area contributed by atoms with Gasteiger partial charge in [0, 0.05) is 23.5 Å². The summed E-state index contributed by atoms with van der Waals surface area (Å²) >= 11 is 0. The van der Waals surface area contributed by atoms with E-state index >= 15 is 0 Å². The second kappa shape index (κ2) is 7.88. The van der Waals surface area contributed by atoms with Gasteiger partial charge in [-0.2, -0.15) is 0 Å².